The summed E-state index contributed by atoms with van der Waals surface area (Å²) in [6, 6.07) is 9.14. The third-order valence-corrected chi connectivity index (χ3v) is 5.73. The van der Waals surface area contributed by atoms with Crippen LogP contribution in [0.3, 0.4) is 0 Å². The Labute approximate surface area is 129 Å². The van der Waals surface area contributed by atoms with Gasteiger partial charge in [0, 0.05) is 12.0 Å². The third kappa shape index (κ3) is 3.26. The largest absolute Gasteiger partial charge is 0.493 e. The standard InChI is InChI=1S/C19H29NO/c1-3-14-8-10-15(11-9-14)19(20-2)17-12-16-6-4-5-7-18(16)21-13-17/h4-7,14-15,17,19-20H,3,8-13H2,1-2H3. The molecule has 0 amide bonds. The summed E-state index contributed by atoms with van der Waals surface area (Å²) in [5, 5.41) is 3.63. The SMILES string of the molecule is CCC1CCC(C(NC)C2COc3ccccc3C2)CC1. The van der Waals surface area contributed by atoms with Gasteiger partial charge in [-0.2, -0.15) is 0 Å². The lowest BCUT2D eigenvalue weighted by atomic mass is 9.73. The fraction of sp³-hybridized carbons (Fsp3) is 0.684. The van der Waals surface area contributed by atoms with Gasteiger partial charge in [0.05, 0.1) is 6.61 Å². The molecule has 2 nitrogen and oxygen atoms in total. The molecule has 1 aromatic carbocycles. The molecule has 1 aromatic rings. The van der Waals surface area contributed by atoms with Gasteiger partial charge in [0.25, 0.3) is 0 Å². The predicted octanol–water partition coefficient (Wildman–Crippen LogP) is 4.04. The molecule has 1 saturated carbocycles. The van der Waals surface area contributed by atoms with E-state index >= 15 is 0 Å². The molecule has 1 aliphatic carbocycles. The van der Waals surface area contributed by atoms with E-state index in [9.17, 15) is 0 Å². The van der Waals surface area contributed by atoms with Gasteiger partial charge in [0.2, 0.25) is 0 Å². The normalized spacial score (nSPS) is 30.3. The molecule has 1 N–H and O–H groups in total. The second kappa shape index (κ2) is 6.83. The summed E-state index contributed by atoms with van der Waals surface area (Å²) in [5.74, 6) is 3.52. The Morgan fingerprint density at radius 1 is 1.14 bits per heavy atom. The fourth-order valence-electron chi connectivity index (χ4n) is 4.39. The smallest absolute Gasteiger partial charge is 0.122 e. The van der Waals surface area contributed by atoms with Gasteiger partial charge in [0.15, 0.2) is 0 Å². The lowest BCUT2D eigenvalue weighted by Crippen LogP contribution is -2.46. The van der Waals surface area contributed by atoms with E-state index in [1.807, 2.05) is 0 Å². The molecule has 1 aliphatic heterocycles. The van der Waals surface area contributed by atoms with Crippen molar-refractivity contribution in [1.82, 2.24) is 5.32 Å². The van der Waals surface area contributed by atoms with Crippen molar-refractivity contribution in [3.8, 4) is 5.75 Å². The van der Waals surface area contributed by atoms with Crippen molar-refractivity contribution in [3.63, 3.8) is 0 Å². The number of hydrogen-bond acceptors (Lipinski definition) is 2. The first-order chi connectivity index (χ1) is 10.3. The van der Waals surface area contributed by atoms with E-state index in [1.165, 1.54) is 37.7 Å². The number of ether oxygens (including phenoxy) is 1. The van der Waals surface area contributed by atoms with E-state index in [0.29, 0.717) is 12.0 Å². The van der Waals surface area contributed by atoms with E-state index in [1.54, 1.807) is 0 Å². The zero-order chi connectivity index (χ0) is 14.7. The predicted molar refractivity (Wildman–Crippen MR) is 87.7 cm³/mol. The minimum atomic E-state index is 0.608. The highest BCUT2D eigenvalue weighted by atomic mass is 16.5. The summed E-state index contributed by atoms with van der Waals surface area (Å²) in [4.78, 5) is 0. The quantitative estimate of drug-likeness (QED) is 0.902. The molecule has 2 unspecified atom stereocenters. The lowest BCUT2D eigenvalue weighted by Gasteiger charge is -2.39. The monoisotopic (exact) mass is 287 g/mol. The minimum Gasteiger partial charge on any atom is -0.493 e. The Morgan fingerprint density at radius 2 is 1.90 bits per heavy atom. The molecule has 3 rings (SSSR count). The van der Waals surface area contributed by atoms with Gasteiger partial charge in [-0.1, -0.05) is 44.4 Å². The molecule has 0 saturated heterocycles. The number of hydrogen-bond donors (Lipinski definition) is 1. The Hall–Kier alpha value is -1.02. The van der Waals surface area contributed by atoms with E-state index in [0.717, 1.165) is 30.6 Å². The molecule has 1 fully saturated rings. The van der Waals surface area contributed by atoms with E-state index in [-0.39, 0.29) is 0 Å². The molecule has 0 radical (unpaired) electrons. The van der Waals surface area contributed by atoms with E-state index in [2.05, 4.69) is 43.6 Å². The first-order valence-electron chi connectivity index (χ1n) is 8.69. The van der Waals surface area contributed by atoms with Crippen LogP contribution in [0.2, 0.25) is 0 Å². The van der Waals surface area contributed by atoms with Crippen molar-refractivity contribution in [2.45, 2.75) is 51.5 Å². The molecule has 2 aliphatic rings. The van der Waals surface area contributed by atoms with Crippen LogP contribution in [-0.4, -0.2) is 19.7 Å². The average Bonchev–Trinajstić information content (AvgIpc) is 2.56. The van der Waals surface area contributed by atoms with Crippen LogP contribution in [0.15, 0.2) is 24.3 Å². The van der Waals surface area contributed by atoms with Gasteiger partial charge < -0.3 is 10.1 Å². The van der Waals surface area contributed by atoms with Crippen molar-refractivity contribution in [2.24, 2.45) is 17.8 Å². The van der Waals surface area contributed by atoms with Crippen LogP contribution >= 0.6 is 0 Å². The second-order valence-electron chi connectivity index (χ2n) is 6.89. The van der Waals surface area contributed by atoms with Crippen LogP contribution in [0.5, 0.6) is 5.75 Å². The zero-order valence-electron chi connectivity index (χ0n) is 13.5. The molecule has 2 atom stereocenters. The molecule has 0 bridgehead atoms. The molecular weight excluding hydrogens is 258 g/mol. The first-order valence-corrected chi connectivity index (χ1v) is 8.69. The number of nitrogens with one attached hydrogen (secondary N) is 1. The topological polar surface area (TPSA) is 21.3 Å². The molecule has 21 heavy (non-hydrogen) atoms. The van der Waals surface area contributed by atoms with Gasteiger partial charge in [-0.15, -0.1) is 0 Å². The van der Waals surface area contributed by atoms with Gasteiger partial charge in [-0.25, -0.2) is 0 Å². The number of rotatable bonds is 4. The Balaban J connectivity index is 1.65. The zero-order valence-corrected chi connectivity index (χ0v) is 13.5. The second-order valence-corrected chi connectivity index (χ2v) is 6.89. The van der Waals surface area contributed by atoms with E-state index < -0.39 is 0 Å². The van der Waals surface area contributed by atoms with Gasteiger partial charge in [-0.05, 0) is 49.8 Å². The summed E-state index contributed by atoms with van der Waals surface area (Å²) in [5.41, 5.74) is 1.39. The van der Waals surface area contributed by atoms with Gasteiger partial charge in [0.1, 0.15) is 5.75 Å². The highest BCUT2D eigenvalue weighted by Crippen LogP contribution is 2.37. The van der Waals surface area contributed by atoms with Crippen LogP contribution in [0, 0.1) is 17.8 Å². The Morgan fingerprint density at radius 3 is 2.62 bits per heavy atom. The molecule has 2 heteroatoms. The van der Waals surface area contributed by atoms with Crippen LogP contribution in [0.25, 0.3) is 0 Å². The molecule has 0 aromatic heterocycles. The summed E-state index contributed by atoms with van der Waals surface area (Å²) in [7, 11) is 2.14. The van der Waals surface area contributed by atoms with Crippen molar-refractivity contribution in [1.29, 1.82) is 0 Å². The Bertz CT molecular complexity index is 451. The van der Waals surface area contributed by atoms with Gasteiger partial charge >= 0.3 is 0 Å². The number of benzene rings is 1. The molecular formula is C19H29NO. The third-order valence-electron chi connectivity index (χ3n) is 5.73. The Kier molecular flexibility index (Phi) is 4.84. The van der Waals surface area contributed by atoms with Crippen molar-refractivity contribution < 1.29 is 4.74 Å². The van der Waals surface area contributed by atoms with Gasteiger partial charge in [-0.3, -0.25) is 0 Å². The first kappa shape index (κ1) is 14.9. The summed E-state index contributed by atoms with van der Waals surface area (Å²) >= 11 is 0. The summed E-state index contributed by atoms with van der Waals surface area (Å²) in [6.07, 6.45) is 8.14. The van der Waals surface area contributed by atoms with Crippen molar-refractivity contribution in [3.05, 3.63) is 29.8 Å². The van der Waals surface area contributed by atoms with E-state index in [4.69, 9.17) is 4.74 Å². The maximum atomic E-state index is 6.01. The molecule has 116 valence electrons. The maximum Gasteiger partial charge on any atom is 0.122 e. The fourth-order valence-corrected chi connectivity index (χ4v) is 4.39. The van der Waals surface area contributed by atoms with Crippen LogP contribution in [0.4, 0.5) is 0 Å². The van der Waals surface area contributed by atoms with Crippen LogP contribution in [0.1, 0.15) is 44.6 Å². The highest BCUT2D eigenvalue weighted by molar-refractivity contribution is 5.35. The minimum absolute atomic E-state index is 0.608. The average molecular weight is 287 g/mol. The summed E-state index contributed by atoms with van der Waals surface area (Å²) < 4.78 is 6.01. The molecule has 1 heterocycles. The number of fused-ring (bicyclic) bond motifs is 1. The number of para-hydroxylation sites is 1. The van der Waals surface area contributed by atoms with Crippen LogP contribution < -0.4 is 10.1 Å². The summed E-state index contributed by atoms with van der Waals surface area (Å²) in [6.45, 7) is 3.21. The van der Waals surface area contributed by atoms with Crippen molar-refractivity contribution >= 4 is 0 Å². The highest BCUT2D eigenvalue weighted by Gasteiger charge is 2.33. The van der Waals surface area contributed by atoms with Crippen LogP contribution in [-0.2, 0) is 6.42 Å². The maximum absolute atomic E-state index is 6.01. The van der Waals surface area contributed by atoms with Crippen molar-refractivity contribution in [2.75, 3.05) is 13.7 Å². The lowest BCUT2D eigenvalue weighted by molar-refractivity contribution is 0.127. The molecule has 0 spiro atoms.